The normalized spacial score (nSPS) is 20.1. The first kappa shape index (κ1) is 26.8. The van der Waals surface area contributed by atoms with Crippen molar-refractivity contribution < 1.29 is 14.4 Å². The lowest BCUT2D eigenvalue weighted by molar-refractivity contribution is 0.0662. The maximum atomic E-state index is 13.8. The Morgan fingerprint density at radius 2 is 1.41 bits per heavy atom. The first-order valence-electron chi connectivity index (χ1n) is 12.9. The molecule has 0 bridgehead atoms. The Morgan fingerprint density at radius 3 is 1.97 bits per heavy atom. The van der Waals surface area contributed by atoms with Gasteiger partial charge in [0.2, 0.25) is 0 Å². The molecular weight excluding hydrogens is 529 g/mol. The second kappa shape index (κ2) is 11.1. The predicted octanol–water partition coefficient (Wildman–Crippen LogP) is 7.91. The molecule has 4 nitrogen and oxygen atoms in total. The van der Waals surface area contributed by atoms with Crippen LogP contribution in [0.1, 0.15) is 55.9 Å². The van der Waals surface area contributed by atoms with Gasteiger partial charge in [0.1, 0.15) is 5.41 Å². The van der Waals surface area contributed by atoms with E-state index < -0.39 is 5.41 Å². The maximum absolute atomic E-state index is 13.8. The SMILES string of the molecule is N#CC1CCC2C1=CC=CC2(C(=O)c1ccc(Cl)cc1)C(=O)c1ccc(Cl)cc1.O=C1CCc2ccccc21. The molecule has 0 amide bonds. The molecule has 0 aliphatic heterocycles. The van der Waals surface area contributed by atoms with Crippen LogP contribution in [-0.4, -0.2) is 17.3 Å². The van der Waals surface area contributed by atoms with Gasteiger partial charge in [-0.1, -0.05) is 65.7 Å². The van der Waals surface area contributed by atoms with E-state index in [9.17, 15) is 19.6 Å². The molecule has 0 saturated heterocycles. The van der Waals surface area contributed by atoms with Crippen molar-refractivity contribution in [2.45, 2.75) is 25.7 Å². The molecule has 2 unspecified atom stereocenters. The van der Waals surface area contributed by atoms with Crippen LogP contribution in [-0.2, 0) is 6.42 Å². The zero-order chi connectivity index (χ0) is 27.6. The number of hydrogen-bond donors (Lipinski definition) is 0. The molecule has 3 aromatic rings. The molecule has 1 saturated carbocycles. The van der Waals surface area contributed by atoms with Gasteiger partial charge in [0, 0.05) is 39.1 Å². The van der Waals surface area contributed by atoms with Gasteiger partial charge in [-0.05, 0) is 78.9 Å². The highest BCUT2D eigenvalue weighted by atomic mass is 35.5. The molecular formula is C33H25Cl2NO3. The minimum absolute atomic E-state index is 0.277. The Balaban J connectivity index is 0.000000257. The summed E-state index contributed by atoms with van der Waals surface area (Å²) in [6.07, 6.45) is 8.21. The summed E-state index contributed by atoms with van der Waals surface area (Å²) >= 11 is 12.0. The first-order valence-corrected chi connectivity index (χ1v) is 13.6. The minimum atomic E-state index is -1.39. The quantitative estimate of drug-likeness (QED) is 0.243. The number of aryl methyl sites for hydroxylation is 1. The van der Waals surface area contributed by atoms with Gasteiger partial charge in [0.25, 0.3) is 0 Å². The van der Waals surface area contributed by atoms with Crippen LogP contribution in [0, 0.1) is 28.6 Å². The van der Waals surface area contributed by atoms with Gasteiger partial charge in [-0.3, -0.25) is 14.4 Å². The Kier molecular flexibility index (Phi) is 7.66. The number of ketones is 3. The Morgan fingerprint density at radius 1 is 0.821 bits per heavy atom. The summed E-state index contributed by atoms with van der Waals surface area (Å²) in [4.78, 5) is 38.7. The van der Waals surface area contributed by atoms with Crippen molar-refractivity contribution >= 4 is 40.6 Å². The number of carbonyl (C=O) groups excluding carboxylic acids is 3. The van der Waals surface area contributed by atoms with Crippen LogP contribution in [0.15, 0.2) is 96.6 Å². The Bertz CT molecular complexity index is 1490. The summed E-state index contributed by atoms with van der Waals surface area (Å²) in [6.45, 7) is 0. The van der Waals surface area contributed by atoms with Gasteiger partial charge >= 0.3 is 0 Å². The highest BCUT2D eigenvalue weighted by Gasteiger charge is 2.55. The minimum Gasteiger partial charge on any atom is -0.294 e. The summed E-state index contributed by atoms with van der Waals surface area (Å²) in [5.41, 5.74) is 2.46. The van der Waals surface area contributed by atoms with E-state index in [2.05, 4.69) is 6.07 Å². The van der Waals surface area contributed by atoms with Crippen LogP contribution in [0.3, 0.4) is 0 Å². The molecule has 3 aromatic carbocycles. The summed E-state index contributed by atoms with van der Waals surface area (Å²) < 4.78 is 0. The number of halogens is 2. The van der Waals surface area contributed by atoms with E-state index in [1.807, 2.05) is 30.3 Å². The number of hydrogen-bond acceptors (Lipinski definition) is 4. The zero-order valence-corrected chi connectivity index (χ0v) is 22.6. The Labute approximate surface area is 237 Å². The lowest BCUT2D eigenvalue weighted by Crippen LogP contribution is -2.45. The number of fused-ring (bicyclic) bond motifs is 2. The van der Waals surface area contributed by atoms with Gasteiger partial charge < -0.3 is 0 Å². The lowest BCUT2D eigenvalue weighted by Gasteiger charge is -2.37. The zero-order valence-electron chi connectivity index (χ0n) is 21.1. The number of allylic oxidation sites excluding steroid dienone is 4. The molecule has 0 heterocycles. The van der Waals surface area contributed by atoms with Crippen LogP contribution in [0.4, 0.5) is 0 Å². The third-order valence-electron chi connectivity index (χ3n) is 7.81. The molecule has 6 heteroatoms. The van der Waals surface area contributed by atoms with Crippen LogP contribution < -0.4 is 0 Å². The fraction of sp³-hybridized carbons (Fsp3) is 0.212. The molecule has 0 spiro atoms. The number of carbonyl (C=O) groups is 3. The van der Waals surface area contributed by atoms with Crippen LogP contribution in [0.5, 0.6) is 0 Å². The molecule has 0 aromatic heterocycles. The molecule has 194 valence electrons. The van der Waals surface area contributed by atoms with Gasteiger partial charge in [-0.15, -0.1) is 0 Å². The van der Waals surface area contributed by atoms with E-state index in [-0.39, 0.29) is 23.4 Å². The number of rotatable bonds is 4. The highest BCUT2D eigenvalue weighted by molar-refractivity contribution is 6.31. The second-order valence-electron chi connectivity index (χ2n) is 9.96. The molecule has 0 N–H and O–H groups in total. The van der Waals surface area contributed by atoms with Crippen LogP contribution in [0.2, 0.25) is 10.0 Å². The highest BCUT2D eigenvalue weighted by Crippen LogP contribution is 2.52. The standard InChI is InChI=1S/C24H17Cl2NO2.C9H8O/c25-18-8-3-15(4-9-18)22(28)24(23(29)16-5-10-19(26)11-6-16)13-1-2-20-17(14-27)7-12-21(20)24;10-9-6-5-7-3-1-2-4-8(7)9/h1-6,8-11,13,17,21H,7,12H2;1-4H,5-6H2. The molecule has 3 aliphatic rings. The van der Waals surface area contributed by atoms with Crippen LogP contribution >= 0.6 is 23.2 Å². The van der Waals surface area contributed by atoms with E-state index in [1.54, 1.807) is 60.7 Å². The van der Waals surface area contributed by atoms with Gasteiger partial charge in [0.05, 0.1) is 12.0 Å². The van der Waals surface area contributed by atoms with Gasteiger partial charge in [-0.25, -0.2) is 0 Å². The van der Waals surface area contributed by atoms with Crippen molar-refractivity contribution in [2.75, 3.05) is 0 Å². The van der Waals surface area contributed by atoms with E-state index in [0.29, 0.717) is 46.2 Å². The second-order valence-corrected chi connectivity index (χ2v) is 10.8. The van der Waals surface area contributed by atoms with Crippen molar-refractivity contribution in [3.8, 4) is 6.07 Å². The average Bonchev–Trinajstić information content (AvgIpc) is 3.57. The molecule has 39 heavy (non-hydrogen) atoms. The van der Waals surface area contributed by atoms with Crippen molar-refractivity contribution in [3.63, 3.8) is 0 Å². The molecule has 0 radical (unpaired) electrons. The number of Topliss-reactive ketones (excluding diaryl/α,β-unsaturated/α-hetero) is 3. The smallest absolute Gasteiger partial charge is 0.181 e. The number of nitriles is 1. The van der Waals surface area contributed by atoms with E-state index in [0.717, 1.165) is 17.6 Å². The molecule has 3 aliphatic carbocycles. The summed E-state index contributed by atoms with van der Waals surface area (Å²) in [6, 6.07) is 23.3. The fourth-order valence-electron chi connectivity index (χ4n) is 5.84. The molecule has 2 atom stereocenters. The Hall–Kier alpha value is -3.78. The summed E-state index contributed by atoms with van der Waals surface area (Å²) in [5, 5.41) is 10.6. The van der Waals surface area contributed by atoms with Crippen molar-refractivity contribution in [1.29, 1.82) is 5.26 Å². The van der Waals surface area contributed by atoms with Gasteiger partial charge in [0.15, 0.2) is 17.3 Å². The third kappa shape index (κ3) is 5.01. The maximum Gasteiger partial charge on any atom is 0.181 e. The van der Waals surface area contributed by atoms with E-state index in [1.165, 1.54) is 5.56 Å². The van der Waals surface area contributed by atoms with E-state index in [4.69, 9.17) is 23.2 Å². The number of benzene rings is 3. The molecule has 1 fully saturated rings. The summed E-state index contributed by atoms with van der Waals surface area (Å²) in [7, 11) is 0. The fourth-order valence-corrected chi connectivity index (χ4v) is 6.09. The van der Waals surface area contributed by atoms with Crippen LogP contribution in [0.25, 0.3) is 0 Å². The predicted molar refractivity (Wildman–Crippen MR) is 152 cm³/mol. The third-order valence-corrected chi connectivity index (χ3v) is 8.31. The number of nitrogens with zero attached hydrogens (tertiary/aromatic N) is 1. The first-order chi connectivity index (χ1) is 18.8. The van der Waals surface area contributed by atoms with Crippen molar-refractivity contribution in [1.82, 2.24) is 0 Å². The average molecular weight is 554 g/mol. The van der Waals surface area contributed by atoms with Crippen molar-refractivity contribution in [2.24, 2.45) is 17.3 Å². The topological polar surface area (TPSA) is 75.0 Å². The van der Waals surface area contributed by atoms with E-state index >= 15 is 0 Å². The van der Waals surface area contributed by atoms with Crippen molar-refractivity contribution in [3.05, 3.63) is 129 Å². The van der Waals surface area contributed by atoms with Gasteiger partial charge in [-0.2, -0.15) is 5.26 Å². The molecule has 6 rings (SSSR count). The monoisotopic (exact) mass is 553 g/mol. The summed E-state index contributed by atoms with van der Waals surface area (Å²) in [5.74, 6) is -0.876. The lowest BCUT2D eigenvalue weighted by atomic mass is 9.62. The largest absolute Gasteiger partial charge is 0.294 e.